The summed E-state index contributed by atoms with van der Waals surface area (Å²) in [6.07, 6.45) is 1.75. The number of nitrogens with one attached hydrogen (secondary N) is 3. The molecular weight excluding hydrogens is 350 g/mol. The number of furan rings is 1. The lowest BCUT2D eigenvalue weighted by atomic mass is 10.2. The molecular formula is C15H16BrN3O3. The summed E-state index contributed by atoms with van der Waals surface area (Å²) in [5, 5.41) is 2.70. The van der Waals surface area contributed by atoms with E-state index in [1.807, 2.05) is 6.07 Å². The van der Waals surface area contributed by atoms with Gasteiger partial charge in [-0.25, -0.2) is 5.43 Å². The van der Waals surface area contributed by atoms with Gasteiger partial charge >= 0.3 is 0 Å². The van der Waals surface area contributed by atoms with Crippen LogP contribution in [0.4, 0.5) is 0 Å². The van der Waals surface area contributed by atoms with E-state index in [-0.39, 0.29) is 24.8 Å². The second kappa shape index (κ2) is 8.35. The van der Waals surface area contributed by atoms with E-state index < -0.39 is 0 Å². The van der Waals surface area contributed by atoms with Gasteiger partial charge in [-0.1, -0.05) is 12.1 Å². The molecule has 22 heavy (non-hydrogen) atoms. The monoisotopic (exact) mass is 365 g/mol. The molecule has 7 heteroatoms. The van der Waals surface area contributed by atoms with Crippen molar-refractivity contribution in [2.75, 3.05) is 6.54 Å². The highest BCUT2D eigenvalue weighted by atomic mass is 79.9. The predicted octanol–water partition coefficient (Wildman–Crippen LogP) is 1.98. The van der Waals surface area contributed by atoms with Crippen LogP contribution in [0.2, 0.25) is 0 Å². The third-order valence-corrected chi connectivity index (χ3v) is 3.52. The molecule has 3 N–H and O–H groups in total. The fourth-order valence-corrected chi connectivity index (χ4v) is 2.20. The highest BCUT2D eigenvalue weighted by Crippen LogP contribution is 2.15. The number of hydrogen-bond acceptors (Lipinski definition) is 4. The number of halogens is 1. The zero-order valence-corrected chi connectivity index (χ0v) is 13.4. The van der Waals surface area contributed by atoms with Crippen molar-refractivity contribution in [1.29, 1.82) is 0 Å². The van der Waals surface area contributed by atoms with Gasteiger partial charge in [-0.2, -0.15) is 0 Å². The number of benzene rings is 1. The van der Waals surface area contributed by atoms with E-state index in [9.17, 15) is 9.59 Å². The lowest BCUT2D eigenvalue weighted by Gasteiger charge is -2.08. The van der Waals surface area contributed by atoms with Gasteiger partial charge in [0.05, 0.1) is 18.4 Å². The van der Waals surface area contributed by atoms with Gasteiger partial charge in [0, 0.05) is 17.4 Å². The van der Waals surface area contributed by atoms with E-state index in [1.165, 1.54) is 0 Å². The van der Waals surface area contributed by atoms with Gasteiger partial charge in [0.1, 0.15) is 5.76 Å². The van der Waals surface area contributed by atoms with Crippen LogP contribution in [0.3, 0.4) is 0 Å². The highest BCUT2D eigenvalue weighted by Gasteiger charge is 2.09. The summed E-state index contributed by atoms with van der Waals surface area (Å²) in [4.78, 5) is 23.5. The van der Waals surface area contributed by atoms with Gasteiger partial charge < -0.3 is 9.73 Å². The van der Waals surface area contributed by atoms with Crippen molar-refractivity contribution < 1.29 is 14.0 Å². The molecule has 0 fully saturated rings. The molecule has 2 aromatic rings. The third kappa shape index (κ3) is 5.01. The first-order valence-corrected chi connectivity index (χ1v) is 7.53. The molecule has 0 aliphatic carbocycles. The van der Waals surface area contributed by atoms with Crippen molar-refractivity contribution in [3.05, 3.63) is 58.5 Å². The molecule has 0 bridgehead atoms. The van der Waals surface area contributed by atoms with Crippen molar-refractivity contribution in [3.63, 3.8) is 0 Å². The Bertz CT molecular complexity index is 629. The Balaban J connectivity index is 1.64. The largest absolute Gasteiger partial charge is 0.468 e. The first kappa shape index (κ1) is 16.3. The van der Waals surface area contributed by atoms with Gasteiger partial charge in [-0.3, -0.25) is 15.0 Å². The Morgan fingerprint density at radius 2 is 1.95 bits per heavy atom. The van der Waals surface area contributed by atoms with E-state index in [1.54, 1.807) is 36.6 Å². The number of amides is 2. The standard InChI is InChI=1S/C15H16BrN3O3/c16-13-6-2-1-5-12(13)15(21)17-8-7-14(20)19-18-10-11-4-3-9-22-11/h1-6,9,18H,7-8,10H2,(H,17,21)(H,19,20). The van der Waals surface area contributed by atoms with E-state index in [0.29, 0.717) is 12.1 Å². The molecule has 0 unspecified atom stereocenters. The van der Waals surface area contributed by atoms with Gasteiger partial charge in [0.25, 0.3) is 5.91 Å². The van der Waals surface area contributed by atoms with Gasteiger partial charge in [0.2, 0.25) is 5.91 Å². The smallest absolute Gasteiger partial charge is 0.252 e. The molecule has 0 radical (unpaired) electrons. The molecule has 2 rings (SSSR count). The van der Waals surface area contributed by atoms with E-state index in [4.69, 9.17) is 4.42 Å². The average molecular weight is 366 g/mol. The number of hydrazine groups is 1. The molecule has 0 aliphatic rings. The second-order valence-corrected chi connectivity index (χ2v) is 5.32. The minimum absolute atomic E-state index is 0.182. The summed E-state index contributed by atoms with van der Waals surface area (Å²) in [5.74, 6) is 0.297. The number of carbonyl (C=O) groups is 2. The SMILES string of the molecule is O=C(CCNC(=O)c1ccccc1Br)NNCc1ccco1. The zero-order valence-electron chi connectivity index (χ0n) is 11.8. The van der Waals surface area contributed by atoms with Crippen LogP contribution >= 0.6 is 15.9 Å². The number of rotatable bonds is 7. The molecule has 0 saturated heterocycles. The minimum Gasteiger partial charge on any atom is -0.468 e. The fourth-order valence-electron chi connectivity index (χ4n) is 1.74. The Kier molecular flexibility index (Phi) is 6.17. The van der Waals surface area contributed by atoms with Crippen molar-refractivity contribution in [2.45, 2.75) is 13.0 Å². The lowest BCUT2D eigenvalue weighted by molar-refractivity contribution is -0.122. The van der Waals surface area contributed by atoms with Crippen molar-refractivity contribution in [2.24, 2.45) is 0 Å². The molecule has 0 aliphatic heterocycles. The maximum absolute atomic E-state index is 11.9. The maximum Gasteiger partial charge on any atom is 0.252 e. The lowest BCUT2D eigenvalue weighted by Crippen LogP contribution is -2.38. The van der Waals surface area contributed by atoms with Crippen LogP contribution in [-0.2, 0) is 11.3 Å². The molecule has 0 atom stereocenters. The van der Waals surface area contributed by atoms with Crippen LogP contribution in [0.5, 0.6) is 0 Å². The van der Waals surface area contributed by atoms with Crippen LogP contribution in [0.15, 0.2) is 51.6 Å². The Labute approximate surface area is 136 Å². The van der Waals surface area contributed by atoms with Gasteiger partial charge in [0.15, 0.2) is 0 Å². The van der Waals surface area contributed by atoms with Crippen molar-refractivity contribution in [1.82, 2.24) is 16.2 Å². The van der Waals surface area contributed by atoms with Gasteiger partial charge in [-0.05, 0) is 40.2 Å². The molecule has 6 nitrogen and oxygen atoms in total. The number of carbonyl (C=O) groups excluding carboxylic acids is 2. The minimum atomic E-state index is -0.219. The Hall–Kier alpha value is -2.12. The normalized spacial score (nSPS) is 10.2. The van der Waals surface area contributed by atoms with Crippen LogP contribution in [0, 0.1) is 0 Å². The van der Waals surface area contributed by atoms with Crippen LogP contribution in [0.25, 0.3) is 0 Å². The summed E-state index contributed by atoms with van der Waals surface area (Å²) in [7, 11) is 0. The predicted molar refractivity (Wildman–Crippen MR) is 84.8 cm³/mol. The molecule has 2 amide bonds. The van der Waals surface area contributed by atoms with Crippen LogP contribution in [0.1, 0.15) is 22.5 Å². The highest BCUT2D eigenvalue weighted by molar-refractivity contribution is 9.10. The summed E-state index contributed by atoms with van der Waals surface area (Å²) in [5.41, 5.74) is 5.83. The van der Waals surface area contributed by atoms with E-state index in [2.05, 4.69) is 32.1 Å². The quantitative estimate of drug-likeness (QED) is 0.655. The second-order valence-electron chi connectivity index (χ2n) is 4.47. The van der Waals surface area contributed by atoms with Crippen LogP contribution in [-0.4, -0.2) is 18.4 Å². The van der Waals surface area contributed by atoms with Gasteiger partial charge in [-0.15, -0.1) is 0 Å². The number of hydrogen-bond donors (Lipinski definition) is 3. The molecule has 116 valence electrons. The summed E-state index contributed by atoms with van der Waals surface area (Å²) in [6, 6.07) is 10.7. The Morgan fingerprint density at radius 1 is 1.14 bits per heavy atom. The molecule has 0 saturated carbocycles. The Morgan fingerprint density at radius 3 is 2.68 bits per heavy atom. The van der Waals surface area contributed by atoms with Crippen molar-refractivity contribution >= 4 is 27.7 Å². The molecule has 0 spiro atoms. The zero-order chi connectivity index (χ0) is 15.8. The maximum atomic E-state index is 11.9. The van der Waals surface area contributed by atoms with Crippen molar-refractivity contribution in [3.8, 4) is 0 Å². The summed E-state index contributed by atoms with van der Waals surface area (Å²) >= 11 is 3.31. The van der Waals surface area contributed by atoms with E-state index >= 15 is 0 Å². The molecule has 1 aromatic heterocycles. The molecule has 1 aromatic carbocycles. The topological polar surface area (TPSA) is 83.4 Å². The molecule has 1 heterocycles. The third-order valence-electron chi connectivity index (χ3n) is 2.83. The van der Waals surface area contributed by atoms with Crippen LogP contribution < -0.4 is 16.2 Å². The first-order chi connectivity index (χ1) is 10.7. The first-order valence-electron chi connectivity index (χ1n) is 6.73. The summed E-state index contributed by atoms with van der Waals surface area (Å²) < 4.78 is 5.83. The summed E-state index contributed by atoms with van der Waals surface area (Å²) in [6.45, 7) is 0.663. The fraction of sp³-hybridized carbons (Fsp3) is 0.200. The average Bonchev–Trinajstić information content (AvgIpc) is 3.01. The van der Waals surface area contributed by atoms with E-state index in [0.717, 1.165) is 10.2 Å².